The Labute approximate surface area is 106 Å². The summed E-state index contributed by atoms with van der Waals surface area (Å²) in [6.45, 7) is 1.27. The molecule has 1 N–H and O–H groups in total. The SMILES string of the molecule is COP(=O)(OC)[C@@](C)(O)CC(=O)c1ccccc1. The van der Waals surface area contributed by atoms with Crippen LogP contribution in [0, 0.1) is 0 Å². The van der Waals surface area contributed by atoms with Crippen molar-refractivity contribution < 1.29 is 23.5 Å². The Kier molecular flexibility index (Phi) is 4.82. The lowest BCUT2D eigenvalue weighted by Crippen LogP contribution is -2.29. The van der Waals surface area contributed by atoms with Crippen molar-refractivity contribution in [3.63, 3.8) is 0 Å². The molecule has 1 rings (SSSR count). The number of ketones is 1. The molecule has 0 spiro atoms. The molecule has 0 aliphatic rings. The zero-order chi connectivity index (χ0) is 13.8. The third-order valence-electron chi connectivity index (χ3n) is 2.66. The van der Waals surface area contributed by atoms with Crippen molar-refractivity contribution in [1.29, 1.82) is 0 Å². The molecule has 0 aliphatic carbocycles. The molecular weight excluding hydrogens is 255 g/mol. The van der Waals surface area contributed by atoms with Gasteiger partial charge in [-0.05, 0) is 6.92 Å². The second kappa shape index (κ2) is 5.76. The van der Waals surface area contributed by atoms with E-state index >= 15 is 0 Å². The summed E-state index contributed by atoms with van der Waals surface area (Å²) in [4.78, 5) is 11.9. The van der Waals surface area contributed by atoms with E-state index in [9.17, 15) is 14.5 Å². The van der Waals surface area contributed by atoms with Crippen LogP contribution in [0.5, 0.6) is 0 Å². The highest BCUT2D eigenvalue weighted by Gasteiger charge is 2.46. The first kappa shape index (κ1) is 15.1. The molecule has 0 bridgehead atoms. The highest BCUT2D eigenvalue weighted by atomic mass is 31.2. The van der Waals surface area contributed by atoms with Crippen molar-refractivity contribution >= 4 is 13.4 Å². The van der Waals surface area contributed by atoms with Crippen LogP contribution in [-0.4, -0.2) is 30.5 Å². The average molecular weight is 272 g/mol. The van der Waals surface area contributed by atoms with Crippen LogP contribution in [0.3, 0.4) is 0 Å². The topological polar surface area (TPSA) is 72.8 Å². The molecule has 6 heteroatoms. The molecule has 0 unspecified atom stereocenters. The zero-order valence-corrected chi connectivity index (χ0v) is 11.5. The van der Waals surface area contributed by atoms with Crippen molar-refractivity contribution in [2.75, 3.05) is 14.2 Å². The molecule has 0 saturated carbocycles. The van der Waals surface area contributed by atoms with Gasteiger partial charge in [0.2, 0.25) is 0 Å². The number of hydrogen-bond acceptors (Lipinski definition) is 5. The molecule has 0 radical (unpaired) electrons. The Morgan fingerprint density at radius 2 is 1.78 bits per heavy atom. The fourth-order valence-corrected chi connectivity index (χ4v) is 2.87. The molecule has 1 aromatic carbocycles. The number of aliphatic hydroxyl groups is 1. The minimum atomic E-state index is -3.72. The number of carbonyl (C=O) groups is 1. The number of Topliss-reactive ketones (excluding diaryl/α,β-unsaturated/α-hetero) is 1. The van der Waals surface area contributed by atoms with Gasteiger partial charge in [-0.15, -0.1) is 0 Å². The summed E-state index contributed by atoms with van der Waals surface area (Å²) in [6.07, 6.45) is -0.337. The molecule has 0 saturated heterocycles. The van der Waals surface area contributed by atoms with Gasteiger partial charge in [0.15, 0.2) is 11.1 Å². The number of benzene rings is 1. The summed E-state index contributed by atoms with van der Waals surface area (Å²) in [5, 5.41) is 8.27. The van der Waals surface area contributed by atoms with Crippen molar-refractivity contribution in [1.82, 2.24) is 0 Å². The third-order valence-corrected chi connectivity index (χ3v) is 4.96. The monoisotopic (exact) mass is 272 g/mol. The van der Waals surface area contributed by atoms with Crippen molar-refractivity contribution in [2.45, 2.75) is 18.7 Å². The maximum atomic E-state index is 12.1. The quantitative estimate of drug-likeness (QED) is 0.636. The minimum absolute atomic E-state index is 0.324. The van der Waals surface area contributed by atoms with Gasteiger partial charge in [-0.2, -0.15) is 0 Å². The van der Waals surface area contributed by atoms with Crippen molar-refractivity contribution in [2.24, 2.45) is 0 Å². The van der Waals surface area contributed by atoms with Gasteiger partial charge in [0, 0.05) is 19.8 Å². The van der Waals surface area contributed by atoms with Crippen LogP contribution in [0.1, 0.15) is 23.7 Å². The molecule has 0 amide bonds. The smallest absolute Gasteiger partial charge is 0.361 e. The van der Waals surface area contributed by atoms with E-state index in [-0.39, 0.29) is 12.2 Å². The normalized spacial score (nSPS) is 15.1. The molecule has 0 aromatic heterocycles. The van der Waals surface area contributed by atoms with E-state index in [1.165, 1.54) is 21.1 Å². The standard InChI is InChI=1S/C12H17O5P/c1-12(14,18(15,16-2)17-3)9-11(13)10-7-5-4-6-8-10/h4-8,14H,9H2,1-3H3/t12-/m1/s1. The Balaban J connectivity index is 2.90. The molecule has 5 nitrogen and oxygen atoms in total. The van der Waals surface area contributed by atoms with Gasteiger partial charge < -0.3 is 14.2 Å². The molecule has 1 atom stereocenters. The largest absolute Gasteiger partial charge is 0.377 e. The minimum Gasteiger partial charge on any atom is -0.377 e. The molecule has 100 valence electrons. The summed E-state index contributed by atoms with van der Waals surface area (Å²) < 4.78 is 21.5. The maximum Gasteiger partial charge on any atom is 0.361 e. The molecule has 1 aromatic rings. The first-order valence-corrected chi connectivity index (χ1v) is 6.93. The van der Waals surface area contributed by atoms with E-state index in [1.807, 2.05) is 0 Å². The lowest BCUT2D eigenvalue weighted by molar-refractivity contribution is 0.0685. The second-order valence-corrected chi connectivity index (χ2v) is 6.73. The molecule has 0 heterocycles. The summed E-state index contributed by atoms with van der Waals surface area (Å²) >= 11 is 0. The predicted molar refractivity (Wildman–Crippen MR) is 67.6 cm³/mol. The lowest BCUT2D eigenvalue weighted by Gasteiger charge is -2.28. The number of rotatable bonds is 6. The average Bonchev–Trinajstić information content (AvgIpc) is 2.38. The molecule has 0 fully saturated rings. The lowest BCUT2D eigenvalue weighted by atomic mass is 10.1. The van der Waals surface area contributed by atoms with E-state index in [2.05, 4.69) is 0 Å². The van der Waals surface area contributed by atoms with E-state index < -0.39 is 12.9 Å². The molecule has 0 aliphatic heterocycles. The zero-order valence-electron chi connectivity index (χ0n) is 10.6. The van der Waals surface area contributed by atoms with Gasteiger partial charge in [0.25, 0.3) is 0 Å². The van der Waals surface area contributed by atoms with Gasteiger partial charge in [-0.1, -0.05) is 30.3 Å². The number of carbonyl (C=O) groups excluding carboxylic acids is 1. The molecule has 18 heavy (non-hydrogen) atoms. The van der Waals surface area contributed by atoms with Gasteiger partial charge in [-0.25, -0.2) is 0 Å². The predicted octanol–water partition coefficient (Wildman–Crippen LogP) is 2.45. The summed E-state index contributed by atoms with van der Waals surface area (Å²) in [5.74, 6) is -0.324. The molecular formula is C12H17O5P. The van der Waals surface area contributed by atoms with E-state index in [1.54, 1.807) is 30.3 Å². The summed E-state index contributed by atoms with van der Waals surface area (Å²) in [7, 11) is -1.38. The van der Waals surface area contributed by atoms with Gasteiger partial charge in [0.05, 0.1) is 6.42 Å². The van der Waals surface area contributed by atoms with Crippen LogP contribution >= 0.6 is 7.60 Å². The van der Waals surface area contributed by atoms with Crippen molar-refractivity contribution in [3.8, 4) is 0 Å². The summed E-state index contributed by atoms with van der Waals surface area (Å²) in [5.41, 5.74) is 0.441. The van der Waals surface area contributed by atoms with Crippen LogP contribution in [-0.2, 0) is 13.6 Å². The summed E-state index contributed by atoms with van der Waals surface area (Å²) in [6, 6.07) is 8.47. The van der Waals surface area contributed by atoms with Crippen LogP contribution in [0.4, 0.5) is 0 Å². The van der Waals surface area contributed by atoms with Gasteiger partial charge in [0.1, 0.15) is 0 Å². The van der Waals surface area contributed by atoms with Crippen molar-refractivity contribution in [3.05, 3.63) is 35.9 Å². The number of hydrogen-bond donors (Lipinski definition) is 1. The maximum absolute atomic E-state index is 12.1. The Hall–Kier alpha value is -1.00. The Morgan fingerprint density at radius 3 is 2.22 bits per heavy atom. The van der Waals surface area contributed by atoms with E-state index in [0.29, 0.717) is 5.56 Å². The Morgan fingerprint density at radius 1 is 1.28 bits per heavy atom. The van der Waals surface area contributed by atoms with Gasteiger partial charge in [-0.3, -0.25) is 9.36 Å². The van der Waals surface area contributed by atoms with E-state index in [4.69, 9.17) is 9.05 Å². The Bertz CT molecular complexity index is 447. The highest BCUT2D eigenvalue weighted by Crippen LogP contribution is 2.59. The van der Waals surface area contributed by atoms with Gasteiger partial charge >= 0.3 is 7.60 Å². The van der Waals surface area contributed by atoms with Crippen LogP contribution in [0.25, 0.3) is 0 Å². The second-order valence-electron chi connectivity index (χ2n) is 4.05. The van der Waals surface area contributed by atoms with Crippen LogP contribution in [0.2, 0.25) is 0 Å². The first-order chi connectivity index (χ1) is 8.36. The van der Waals surface area contributed by atoms with E-state index in [0.717, 1.165) is 0 Å². The van der Waals surface area contributed by atoms with Crippen LogP contribution < -0.4 is 0 Å². The first-order valence-electron chi connectivity index (χ1n) is 5.38. The van der Waals surface area contributed by atoms with Crippen LogP contribution in [0.15, 0.2) is 30.3 Å². The fraction of sp³-hybridized carbons (Fsp3) is 0.417. The fourth-order valence-electron chi connectivity index (χ4n) is 1.59. The highest BCUT2D eigenvalue weighted by molar-refractivity contribution is 7.55. The third kappa shape index (κ3) is 3.06.